The summed E-state index contributed by atoms with van der Waals surface area (Å²) in [5.74, 6) is 0.659. The fourth-order valence-electron chi connectivity index (χ4n) is 3.60. The van der Waals surface area contributed by atoms with Crippen LogP contribution in [0.5, 0.6) is 5.88 Å². The lowest BCUT2D eigenvalue weighted by Gasteiger charge is -2.21. The van der Waals surface area contributed by atoms with Gasteiger partial charge in [-0.1, -0.05) is 17.3 Å². The summed E-state index contributed by atoms with van der Waals surface area (Å²) >= 11 is 0. The number of aromatic carboxylic acids is 1. The molecule has 2 aromatic heterocycles. The van der Waals surface area contributed by atoms with Gasteiger partial charge < -0.3 is 19.1 Å². The summed E-state index contributed by atoms with van der Waals surface area (Å²) in [5.41, 5.74) is 2.08. The number of pyridine rings is 1. The van der Waals surface area contributed by atoms with E-state index in [9.17, 15) is 4.79 Å². The SMILES string of the molecule is COCCOc1ccc(-c2noc(C3CCCN3Cc3ccc(C(=O)O)cc3)n2)cn1. The summed E-state index contributed by atoms with van der Waals surface area (Å²) in [4.78, 5) is 22.2. The van der Waals surface area contributed by atoms with Crippen molar-refractivity contribution in [2.24, 2.45) is 0 Å². The van der Waals surface area contributed by atoms with Crippen molar-refractivity contribution >= 4 is 5.97 Å². The van der Waals surface area contributed by atoms with Gasteiger partial charge in [-0.05, 0) is 43.1 Å². The molecule has 0 amide bonds. The molecule has 0 spiro atoms. The van der Waals surface area contributed by atoms with Gasteiger partial charge in [0.1, 0.15) is 6.61 Å². The number of nitrogens with zero attached hydrogens (tertiary/aromatic N) is 4. The normalized spacial score (nSPS) is 16.5. The summed E-state index contributed by atoms with van der Waals surface area (Å²) in [6, 6.07) is 10.6. The van der Waals surface area contributed by atoms with E-state index in [0.29, 0.717) is 37.4 Å². The first kappa shape index (κ1) is 21.0. The van der Waals surface area contributed by atoms with Gasteiger partial charge in [0.05, 0.1) is 18.2 Å². The molecule has 1 atom stereocenters. The van der Waals surface area contributed by atoms with E-state index in [1.54, 1.807) is 31.5 Å². The largest absolute Gasteiger partial charge is 0.478 e. The lowest BCUT2D eigenvalue weighted by atomic mass is 10.1. The Morgan fingerprint density at radius 1 is 1.23 bits per heavy atom. The van der Waals surface area contributed by atoms with Gasteiger partial charge >= 0.3 is 5.97 Å². The molecule has 9 heteroatoms. The quantitative estimate of drug-likeness (QED) is 0.518. The number of rotatable bonds is 9. The maximum atomic E-state index is 11.0. The number of ether oxygens (including phenoxy) is 2. The summed E-state index contributed by atoms with van der Waals surface area (Å²) in [6.07, 6.45) is 3.62. The van der Waals surface area contributed by atoms with Gasteiger partial charge in [0.25, 0.3) is 0 Å². The van der Waals surface area contributed by atoms with Crippen LogP contribution in [0.1, 0.15) is 40.7 Å². The number of aromatic nitrogens is 3. The molecule has 0 saturated carbocycles. The highest BCUT2D eigenvalue weighted by Crippen LogP contribution is 2.33. The third kappa shape index (κ3) is 5.07. The Bertz CT molecular complexity index is 1000. The van der Waals surface area contributed by atoms with Crippen LogP contribution in [-0.2, 0) is 11.3 Å². The molecule has 1 unspecified atom stereocenters. The molecule has 31 heavy (non-hydrogen) atoms. The van der Waals surface area contributed by atoms with Crippen molar-refractivity contribution in [1.29, 1.82) is 0 Å². The number of carbonyl (C=O) groups is 1. The minimum atomic E-state index is -0.923. The number of hydrogen-bond acceptors (Lipinski definition) is 8. The zero-order chi connectivity index (χ0) is 21.6. The van der Waals surface area contributed by atoms with Gasteiger partial charge in [-0.15, -0.1) is 0 Å². The predicted octanol–water partition coefficient (Wildman–Crippen LogP) is 3.19. The summed E-state index contributed by atoms with van der Waals surface area (Å²) in [5, 5.41) is 13.2. The third-order valence-corrected chi connectivity index (χ3v) is 5.21. The van der Waals surface area contributed by atoms with E-state index >= 15 is 0 Å². The van der Waals surface area contributed by atoms with Gasteiger partial charge in [-0.25, -0.2) is 9.78 Å². The fourth-order valence-corrected chi connectivity index (χ4v) is 3.60. The monoisotopic (exact) mass is 424 g/mol. The lowest BCUT2D eigenvalue weighted by Crippen LogP contribution is -2.23. The van der Waals surface area contributed by atoms with Crippen LogP contribution in [0, 0.1) is 0 Å². The molecule has 9 nitrogen and oxygen atoms in total. The van der Waals surface area contributed by atoms with Crippen molar-refractivity contribution in [3.63, 3.8) is 0 Å². The van der Waals surface area contributed by atoms with Crippen molar-refractivity contribution in [2.45, 2.75) is 25.4 Å². The van der Waals surface area contributed by atoms with Gasteiger partial charge in [0.15, 0.2) is 0 Å². The maximum Gasteiger partial charge on any atom is 0.335 e. The number of likely N-dealkylation sites (tertiary alicyclic amines) is 1. The standard InChI is InChI=1S/C22H24N4O5/c1-29-11-12-30-19-9-8-17(13-23-19)20-24-21(31-25-20)18-3-2-10-26(18)14-15-4-6-16(7-5-15)22(27)28/h4-9,13,18H,2-3,10-12,14H2,1H3,(H,27,28). The zero-order valence-electron chi connectivity index (χ0n) is 17.2. The smallest absolute Gasteiger partial charge is 0.335 e. The highest BCUT2D eigenvalue weighted by Gasteiger charge is 2.31. The van der Waals surface area contributed by atoms with E-state index in [2.05, 4.69) is 20.0 Å². The average Bonchev–Trinajstić information content (AvgIpc) is 3.44. The topological polar surface area (TPSA) is 111 Å². The summed E-state index contributed by atoms with van der Waals surface area (Å²) in [7, 11) is 1.62. The molecule has 1 saturated heterocycles. The second-order valence-electron chi connectivity index (χ2n) is 7.31. The van der Waals surface area contributed by atoms with Gasteiger partial charge in [0.2, 0.25) is 17.6 Å². The molecule has 1 fully saturated rings. The number of hydrogen-bond donors (Lipinski definition) is 1. The molecule has 162 valence electrons. The van der Waals surface area contributed by atoms with E-state index in [1.165, 1.54) is 0 Å². The lowest BCUT2D eigenvalue weighted by molar-refractivity contribution is 0.0697. The Morgan fingerprint density at radius 3 is 2.77 bits per heavy atom. The molecule has 0 aliphatic carbocycles. The van der Waals surface area contributed by atoms with Crippen LogP contribution in [0.25, 0.3) is 11.4 Å². The van der Waals surface area contributed by atoms with Crippen LogP contribution in [0.4, 0.5) is 0 Å². The van der Waals surface area contributed by atoms with E-state index in [0.717, 1.165) is 30.5 Å². The number of methoxy groups -OCH3 is 1. The van der Waals surface area contributed by atoms with E-state index in [1.807, 2.05) is 18.2 Å². The maximum absolute atomic E-state index is 11.0. The molecule has 0 radical (unpaired) electrons. The van der Waals surface area contributed by atoms with E-state index in [-0.39, 0.29) is 11.6 Å². The first-order valence-corrected chi connectivity index (χ1v) is 10.1. The molecular formula is C22H24N4O5. The molecule has 1 aliphatic rings. The van der Waals surface area contributed by atoms with Gasteiger partial charge in [-0.3, -0.25) is 4.90 Å². The molecule has 4 rings (SSSR count). The van der Waals surface area contributed by atoms with Crippen LogP contribution in [-0.4, -0.2) is 58.0 Å². The molecule has 1 N–H and O–H groups in total. The van der Waals surface area contributed by atoms with Crippen LogP contribution in [0.15, 0.2) is 47.1 Å². The van der Waals surface area contributed by atoms with Crippen LogP contribution >= 0.6 is 0 Å². The first-order valence-electron chi connectivity index (χ1n) is 10.1. The molecule has 3 heterocycles. The van der Waals surface area contributed by atoms with Crippen molar-refractivity contribution in [1.82, 2.24) is 20.0 Å². The Labute approximate surface area is 179 Å². The minimum absolute atomic E-state index is 0.0324. The molecule has 3 aromatic rings. The Balaban J connectivity index is 1.42. The summed E-state index contributed by atoms with van der Waals surface area (Å²) < 4.78 is 16.0. The van der Waals surface area contributed by atoms with Crippen molar-refractivity contribution in [2.75, 3.05) is 26.9 Å². The van der Waals surface area contributed by atoms with Gasteiger partial charge in [-0.2, -0.15) is 4.98 Å². The Kier molecular flexibility index (Phi) is 6.54. The molecule has 1 aromatic carbocycles. The molecular weight excluding hydrogens is 400 g/mol. The van der Waals surface area contributed by atoms with Crippen LogP contribution < -0.4 is 4.74 Å². The van der Waals surface area contributed by atoms with Crippen molar-refractivity contribution in [3.8, 4) is 17.3 Å². The second-order valence-corrected chi connectivity index (χ2v) is 7.31. The molecule has 0 bridgehead atoms. The zero-order valence-corrected chi connectivity index (χ0v) is 17.2. The van der Waals surface area contributed by atoms with E-state index < -0.39 is 5.97 Å². The van der Waals surface area contributed by atoms with Crippen LogP contribution in [0.3, 0.4) is 0 Å². The number of carboxylic acids is 1. The van der Waals surface area contributed by atoms with Gasteiger partial charge in [0, 0.05) is 31.5 Å². The minimum Gasteiger partial charge on any atom is -0.478 e. The third-order valence-electron chi connectivity index (χ3n) is 5.21. The van der Waals surface area contributed by atoms with E-state index in [4.69, 9.17) is 19.1 Å². The number of carboxylic acid groups (broad SMARTS) is 1. The first-order chi connectivity index (χ1) is 15.1. The number of benzene rings is 1. The van der Waals surface area contributed by atoms with Crippen LogP contribution in [0.2, 0.25) is 0 Å². The predicted molar refractivity (Wildman–Crippen MR) is 111 cm³/mol. The van der Waals surface area contributed by atoms with Crippen molar-refractivity contribution in [3.05, 3.63) is 59.6 Å². The summed E-state index contributed by atoms with van der Waals surface area (Å²) in [6.45, 7) is 2.54. The molecule has 1 aliphatic heterocycles. The highest BCUT2D eigenvalue weighted by molar-refractivity contribution is 5.87. The van der Waals surface area contributed by atoms with Crippen molar-refractivity contribution < 1.29 is 23.9 Å². The Morgan fingerprint density at radius 2 is 2.06 bits per heavy atom. The second kappa shape index (κ2) is 9.67. The average molecular weight is 424 g/mol. The highest BCUT2D eigenvalue weighted by atomic mass is 16.5. The fraction of sp³-hybridized carbons (Fsp3) is 0.364. The Hall–Kier alpha value is -3.30.